The van der Waals surface area contributed by atoms with Crippen LogP contribution in [0.4, 0.5) is 0 Å². The number of hydrogen-bond acceptors (Lipinski definition) is 36. The number of hydrogen-bond donors (Lipinski definition) is 0. The molecular weight excluding hydrogens is 1640 g/mol. The fourth-order valence-corrected chi connectivity index (χ4v) is 10.0. The van der Waals surface area contributed by atoms with Crippen LogP contribution < -0.4 is 473 Å². The summed E-state index contributed by atoms with van der Waals surface area (Å²) in [6.07, 6.45) is -4.05. The molecule has 0 unspecified atom stereocenters. The molecule has 540 valence electrons. The summed E-state index contributed by atoms with van der Waals surface area (Å²) in [4.78, 5) is 145. The summed E-state index contributed by atoms with van der Waals surface area (Å²) in [6, 6.07) is 12.6. The van der Waals surface area contributed by atoms with E-state index < -0.39 is 258 Å². The molecule has 0 fully saturated rings. The van der Waals surface area contributed by atoms with Gasteiger partial charge in [0, 0.05) is 105 Å². The smallest absolute Gasteiger partial charge is 0.546 e. The first-order valence-corrected chi connectivity index (χ1v) is 29.2. The molecule has 0 heterocycles. The third-order valence-electron chi connectivity index (χ3n) is 13.9. The monoisotopic (exact) mass is 1690 g/mol. The molecule has 0 spiro atoms. The van der Waals surface area contributed by atoms with Gasteiger partial charge in [-0.15, -0.1) is 0 Å². The molecular formula is C66H48Na12O36. The molecule has 6 aromatic carbocycles. The number of rotatable bonds is 36. The average Bonchev–Trinajstić information content (AvgIpc) is 0.789. The van der Waals surface area contributed by atoms with Crippen LogP contribution in [0.2, 0.25) is 0 Å². The van der Waals surface area contributed by atoms with E-state index >= 15 is 0 Å². The molecule has 12 bridgehead atoms. The summed E-state index contributed by atoms with van der Waals surface area (Å²) in [7, 11) is 0. The topological polar surface area (TPSA) is 592 Å². The van der Waals surface area contributed by atoms with Crippen molar-refractivity contribution in [3.63, 3.8) is 0 Å². The molecule has 0 amide bonds. The van der Waals surface area contributed by atoms with Crippen LogP contribution in [0.3, 0.4) is 0 Å². The van der Waals surface area contributed by atoms with Gasteiger partial charge in [-0.3, -0.25) is 0 Å². The minimum Gasteiger partial charge on any atom is -0.546 e. The standard InChI is InChI=1S/C66H60O36.12Na/c67-55(68)19-91-43-9-33-2-35-11-49(97-25-61(79)80)37(13-47(35)95-23-59(75)76)4-39-15-53(101-29-65(87)88)41(17-51(39)99-27-63(83)84)6-42-18-52(100-28-64(85)86)40(16-54(42)102-30-66(89)90)5-38-14-48(96-24-60(77)78)36(12-50(38)98-26-62(81)82)3-34-10-44(92-20-56(69)70)32(8-46(34)94-22-58(73)74)1-31(43)7-45(33)93-21-57(71)72;;;;;;;;;;;;/h7-18H,1-6,19-30H2,(H,67,68)(H,69,70)(H,71,72)(H,73,74)(H,75,76)(H,77,78)(H,79,80)(H,81,82)(H,83,84)(H,85,86)(H,87,88)(H,89,90);;;;;;;;;;;;/q;12*+1/p-12. The van der Waals surface area contributed by atoms with Crippen LogP contribution >= 0.6 is 0 Å². The Kier molecular flexibility index (Phi) is 66.9. The Bertz CT molecular complexity index is 3360. The Morgan fingerprint density at radius 2 is 0.219 bits per heavy atom. The molecule has 0 radical (unpaired) electrons. The fourth-order valence-electron chi connectivity index (χ4n) is 10.0. The van der Waals surface area contributed by atoms with Gasteiger partial charge in [-0.1, -0.05) is 0 Å². The number of carboxylic acid groups (broad SMARTS) is 12. The summed E-state index contributed by atoms with van der Waals surface area (Å²) < 4.78 is 68.0. The normalized spacial score (nSPS) is 10.3. The summed E-state index contributed by atoms with van der Waals surface area (Å²) in [5, 5.41) is 145. The minimum absolute atomic E-state index is 0. The zero-order valence-electron chi connectivity index (χ0n) is 64.4. The van der Waals surface area contributed by atoms with Gasteiger partial charge in [0.15, 0.2) is 0 Å². The summed E-state index contributed by atoms with van der Waals surface area (Å²) in [5.74, 6) is -27.7. The number of carbonyl (C=O) groups excluding carboxylic acids is 12. The summed E-state index contributed by atoms with van der Waals surface area (Å²) in [5.41, 5.74) is -2.66. The van der Waals surface area contributed by atoms with Gasteiger partial charge in [-0.2, -0.15) is 0 Å². The van der Waals surface area contributed by atoms with Gasteiger partial charge in [-0.25, -0.2) is 0 Å². The zero-order chi connectivity index (χ0) is 74.5. The second kappa shape index (κ2) is 61.8. The van der Waals surface area contributed by atoms with E-state index in [1.165, 1.54) is 0 Å². The molecule has 0 saturated heterocycles. The predicted molar refractivity (Wildman–Crippen MR) is 302 cm³/mol. The molecule has 0 saturated carbocycles. The number of aliphatic carboxylic acids is 12. The first kappa shape index (κ1) is 123. The fraction of sp³-hybridized carbons (Fsp3) is 0.273. The van der Waals surface area contributed by atoms with Crippen LogP contribution in [0.5, 0.6) is 69.0 Å². The van der Waals surface area contributed by atoms with Crippen molar-refractivity contribution in [1.29, 1.82) is 0 Å². The number of benzene rings is 6. The van der Waals surface area contributed by atoms with E-state index in [1.54, 1.807) is 0 Å². The number of carboxylic acids is 12. The van der Waals surface area contributed by atoms with E-state index in [2.05, 4.69) is 0 Å². The van der Waals surface area contributed by atoms with Gasteiger partial charge < -0.3 is 176 Å². The van der Waals surface area contributed by atoms with Gasteiger partial charge in [0.25, 0.3) is 0 Å². The molecule has 22 rings (SSSR count). The van der Waals surface area contributed by atoms with Gasteiger partial charge in [0.1, 0.15) is 148 Å². The number of ether oxygens (including phenoxy) is 12. The van der Waals surface area contributed by atoms with Crippen LogP contribution in [0.25, 0.3) is 0 Å². The summed E-state index contributed by atoms with van der Waals surface area (Å²) in [6.45, 7) is -15.1. The van der Waals surface area contributed by atoms with E-state index in [9.17, 15) is 119 Å². The Morgan fingerprint density at radius 1 is 0.158 bits per heavy atom. The van der Waals surface area contributed by atoms with Gasteiger partial charge in [0.05, 0.1) is 71.6 Å². The van der Waals surface area contributed by atoms with E-state index in [-0.39, 0.29) is 421 Å². The van der Waals surface area contributed by atoms with Crippen molar-refractivity contribution in [3.05, 3.63) is 140 Å². The quantitative estimate of drug-likeness (QED) is 0.0329. The average molecular weight is 1690 g/mol. The van der Waals surface area contributed by atoms with Gasteiger partial charge in [0.2, 0.25) is 0 Å². The third-order valence-corrected chi connectivity index (χ3v) is 13.9. The van der Waals surface area contributed by atoms with Crippen molar-refractivity contribution in [2.45, 2.75) is 38.5 Å². The molecule has 0 aromatic heterocycles. The summed E-state index contributed by atoms with van der Waals surface area (Å²) >= 11 is 0. The maximum Gasteiger partial charge on any atom is 1.00 e. The Balaban J connectivity index is -0.00000243. The molecule has 16 aliphatic carbocycles. The third kappa shape index (κ3) is 41.6. The van der Waals surface area contributed by atoms with Crippen molar-refractivity contribution >= 4 is 71.6 Å². The number of carbonyl (C=O) groups is 12. The van der Waals surface area contributed by atoms with Crippen LogP contribution in [-0.4, -0.2) is 151 Å². The molecule has 114 heavy (non-hydrogen) atoms. The maximum absolute atomic E-state index is 12.1. The van der Waals surface area contributed by atoms with Crippen molar-refractivity contribution in [1.82, 2.24) is 0 Å². The largest absolute Gasteiger partial charge is 1.00 e. The SMILES string of the molecule is O=C([O-])COc1cc2c(OCC(=O)[O-])cc1Cc1cc(OCC(=O)[O-])c(cc1OCC(=O)[O-])Cc1cc(OCC(=O)[O-])c(cc1OCC(=O)[O-])Cc1cc(OCC(=O)[O-])c(cc1OCC(=O)[O-])Cc1cc(OCC(=O)[O-])c(cc1OCC(=O)[O-])Cc1cc(OCC(=O)[O-])c(cc1OCC(=O)[O-])C2.[Na+].[Na+].[Na+].[Na+].[Na+].[Na+].[Na+].[Na+].[Na+].[Na+].[Na+].[Na+]. The van der Waals surface area contributed by atoms with Gasteiger partial charge in [-0.05, 0) is 72.8 Å². The molecule has 16 aliphatic rings. The van der Waals surface area contributed by atoms with Crippen LogP contribution in [0.15, 0.2) is 72.8 Å². The van der Waals surface area contributed by atoms with Crippen molar-refractivity contribution in [3.8, 4) is 69.0 Å². The second-order valence-corrected chi connectivity index (χ2v) is 21.4. The van der Waals surface area contributed by atoms with E-state index in [1.807, 2.05) is 0 Å². The molecule has 36 nitrogen and oxygen atoms in total. The van der Waals surface area contributed by atoms with E-state index in [0.717, 1.165) is 72.8 Å². The van der Waals surface area contributed by atoms with Gasteiger partial charge >= 0.3 is 355 Å². The van der Waals surface area contributed by atoms with E-state index in [4.69, 9.17) is 56.8 Å². The van der Waals surface area contributed by atoms with Crippen LogP contribution in [0, 0.1) is 0 Å². The van der Waals surface area contributed by atoms with Crippen molar-refractivity contribution in [2.24, 2.45) is 0 Å². The van der Waals surface area contributed by atoms with Crippen molar-refractivity contribution < 1.29 is 530 Å². The van der Waals surface area contributed by atoms with E-state index in [0.29, 0.717) is 0 Å². The molecule has 0 atom stereocenters. The van der Waals surface area contributed by atoms with Crippen molar-refractivity contribution in [2.75, 3.05) is 79.3 Å². The molecule has 48 heteroatoms. The predicted octanol–water partition coefficient (Wildman–Crippen LogP) is -48.9. The van der Waals surface area contributed by atoms with Crippen LogP contribution in [0.1, 0.15) is 66.8 Å². The molecule has 0 N–H and O–H groups in total. The molecule has 6 aromatic rings. The minimum atomic E-state index is -1.85. The Hall–Kier alpha value is -1.44. The van der Waals surface area contributed by atoms with Crippen LogP contribution in [-0.2, 0) is 96.1 Å². The Morgan fingerprint density at radius 3 is 0.272 bits per heavy atom. The first-order chi connectivity index (χ1) is 48.4. The maximum atomic E-state index is 12.1. The zero-order valence-corrected chi connectivity index (χ0v) is 88.4. The molecule has 0 aliphatic heterocycles. The second-order valence-electron chi connectivity index (χ2n) is 21.4. The first-order valence-electron chi connectivity index (χ1n) is 29.2. The Labute approximate surface area is 912 Å².